The number of carbonyl (C=O) groups is 1. The van der Waals surface area contributed by atoms with Crippen molar-refractivity contribution in [3.63, 3.8) is 0 Å². The predicted molar refractivity (Wildman–Crippen MR) is 98.7 cm³/mol. The van der Waals surface area contributed by atoms with Crippen molar-refractivity contribution in [3.05, 3.63) is 76.5 Å². The van der Waals surface area contributed by atoms with Crippen molar-refractivity contribution in [2.24, 2.45) is 0 Å². The monoisotopic (exact) mass is 367 g/mol. The molecular formula is C19H17N3O5. The van der Waals surface area contributed by atoms with Gasteiger partial charge < -0.3 is 15.2 Å². The number of nitrogens with one attached hydrogen (secondary N) is 1. The summed E-state index contributed by atoms with van der Waals surface area (Å²) in [7, 11) is 0. The molecule has 0 aliphatic heterocycles. The Balaban J connectivity index is 1.53. The van der Waals surface area contributed by atoms with Gasteiger partial charge in [-0.2, -0.15) is 0 Å². The Morgan fingerprint density at radius 3 is 2.67 bits per heavy atom. The van der Waals surface area contributed by atoms with Crippen LogP contribution < -0.4 is 10.1 Å². The summed E-state index contributed by atoms with van der Waals surface area (Å²) in [4.78, 5) is 26.7. The maximum absolute atomic E-state index is 12.4. The molecule has 2 aromatic carbocycles. The first-order valence-electron chi connectivity index (χ1n) is 8.22. The van der Waals surface area contributed by atoms with Crippen LogP contribution in [-0.4, -0.2) is 40.2 Å². The molecule has 0 saturated carbocycles. The zero-order valence-corrected chi connectivity index (χ0v) is 14.2. The molecule has 1 atom stereocenters. The van der Waals surface area contributed by atoms with Crippen LogP contribution >= 0.6 is 0 Å². The number of rotatable bonds is 7. The Kier molecular flexibility index (Phi) is 5.58. The van der Waals surface area contributed by atoms with Crippen LogP contribution in [0, 0.1) is 10.1 Å². The van der Waals surface area contributed by atoms with Crippen LogP contribution in [0.3, 0.4) is 0 Å². The Bertz CT molecular complexity index is 954. The van der Waals surface area contributed by atoms with E-state index in [1.165, 1.54) is 24.3 Å². The van der Waals surface area contributed by atoms with Gasteiger partial charge in [0, 0.05) is 30.3 Å². The highest BCUT2D eigenvalue weighted by Gasteiger charge is 2.13. The molecule has 2 N–H and O–H groups in total. The number of hydrogen-bond acceptors (Lipinski definition) is 6. The maximum Gasteiger partial charge on any atom is 0.269 e. The molecule has 1 amide bonds. The van der Waals surface area contributed by atoms with E-state index >= 15 is 0 Å². The molecular weight excluding hydrogens is 350 g/mol. The number of nitro groups is 1. The molecule has 138 valence electrons. The highest BCUT2D eigenvalue weighted by molar-refractivity contribution is 6.05. The topological polar surface area (TPSA) is 115 Å². The first kappa shape index (κ1) is 18.3. The number of aromatic nitrogens is 1. The van der Waals surface area contributed by atoms with Gasteiger partial charge in [0.15, 0.2) is 0 Å². The number of para-hydroxylation sites is 1. The lowest BCUT2D eigenvalue weighted by Gasteiger charge is -2.13. The van der Waals surface area contributed by atoms with E-state index in [9.17, 15) is 20.0 Å². The summed E-state index contributed by atoms with van der Waals surface area (Å²) in [5, 5.41) is 24.1. The van der Waals surface area contributed by atoms with Gasteiger partial charge in [-0.1, -0.05) is 18.2 Å². The third kappa shape index (κ3) is 4.56. The third-order valence-corrected chi connectivity index (χ3v) is 3.87. The molecule has 0 radical (unpaired) electrons. The number of fused-ring (bicyclic) bond motifs is 1. The molecule has 0 bridgehead atoms. The molecule has 1 aromatic heterocycles. The highest BCUT2D eigenvalue weighted by atomic mass is 16.6. The lowest BCUT2D eigenvalue weighted by atomic mass is 10.1. The zero-order chi connectivity index (χ0) is 19.2. The molecule has 8 heteroatoms. The smallest absolute Gasteiger partial charge is 0.269 e. The minimum absolute atomic E-state index is 0.00492. The number of benzene rings is 2. The Morgan fingerprint density at radius 2 is 1.93 bits per heavy atom. The number of aliphatic hydroxyl groups is 1. The Morgan fingerprint density at radius 1 is 1.19 bits per heavy atom. The number of pyridine rings is 1. The van der Waals surface area contributed by atoms with Gasteiger partial charge in [-0.3, -0.25) is 19.9 Å². The van der Waals surface area contributed by atoms with Crippen molar-refractivity contribution in [2.75, 3.05) is 13.2 Å². The molecule has 3 rings (SSSR count). The minimum atomic E-state index is -0.938. The molecule has 0 aliphatic carbocycles. The van der Waals surface area contributed by atoms with Crippen LogP contribution in [0.15, 0.2) is 60.8 Å². The van der Waals surface area contributed by atoms with Gasteiger partial charge in [0.25, 0.3) is 11.6 Å². The molecule has 0 spiro atoms. The molecule has 0 saturated heterocycles. The summed E-state index contributed by atoms with van der Waals surface area (Å²) in [5.41, 5.74) is 0.976. The van der Waals surface area contributed by atoms with E-state index in [1.807, 2.05) is 12.1 Å². The molecule has 8 nitrogen and oxygen atoms in total. The third-order valence-electron chi connectivity index (χ3n) is 3.87. The summed E-state index contributed by atoms with van der Waals surface area (Å²) in [6.45, 7) is -0.0685. The van der Waals surface area contributed by atoms with Crippen LogP contribution in [0.2, 0.25) is 0 Å². The predicted octanol–water partition coefficient (Wildman–Crippen LogP) is 2.31. The first-order valence-corrected chi connectivity index (χ1v) is 8.22. The first-order chi connectivity index (χ1) is 13.0. The van der Waals surface area contributed by atoms with Gasteiger partial charge in [-0.15, -0.1) is 0 Å². The van der Waals surface area contributed by atoms with Gasteiger partial charge in [-0.05, 0) is 24.3 Å². The van der Waals surface area contributed by atoms with Gasteiger partial charge in [0.1, 0.15) is 18.5 Å². The van der Waals surface area contributed by atoms with E-state index in [1.54, 1.807) is 24.4 Å². The van der Waals surface area contributed by atoms with Crippen LogP contribution in [0.25, 0.3) is 10.9 Å². The zero-order valence-electron chi connectivity index (χ0n) is 14.2. The van der Waals surface area contributed by atoms with Crippen LogP contribution in [0.1, 0.15) is 10.4 Å². The molecule has 0 fully saturated rings. The standard InChI is InChI=1S/C19H17N3O5/c23-15(12-27-16-8-6-14(7-9-16)22(25)26)11-21-19(24)17-5-1-3-13-4-2-10-20-18(13)17/h1-10,15,23H,11-12H2,(H,21,24)/t15-/m0/s1. The summed E-state index contributed by atoms with van der Waals surface area (Å²) in [5.74, 6) is 0.0536. The highest BCUT2D eigenvalue weighted by Crippen LogP contribution is 2.18. The largest absolute Gasteiger partial charge is 0.491 e. The lowest BCUT2D eigenvalue weighted by molar-refractivity contribution is -0.384. The van der Waals surface area contributed by atoms with Crippen molar-refractivity contribution < 1.29 is 19.6 Å². The van der Waals surface area contributed by atoms with E-state index in [2.05, 4.69) is 10.3 Å². The minimum Gasteiger partial charge on any atom is -0.491 e. The van der Waals surface area contributed by atoms with Crippen molar-refractivity contribution in [1.29, 1.82) is 0 Å². The fraction of sp³-hybridized carbons (Fsp3) is 0.158. The van der Waals surface area contributed by atoms with Gasteiger partial charge in [0.2, 0.25) is 0 Å². The normalized spacial score (nSPS) is 11.7. The van der Waals surface area contributed by atoms with Crippen molar-refractivity contribution >= 4 is 22.5 Å². The number of nitrogens with zero attached hydrogens (tertiary/aromatic N) is 2. The van der Waals surface area contributed by atoms with E-state index in [0.717, 1.165) is 5.39 Å². The number of hydrogen-bond donors (Lipinski definition) is 2. The summed E-state index contributed by atoms with van der Waals surface area (Å²) >= 11 is 0. The average Bonchev–Trinajstić information content (AvgIpc) is 2.70. The Labute approximate surface area is 154 Å². The van der Waals surface area contributed by atoms with Crippen molar-refractivity contribution in [3.8, 4) is 5.75 Å². The summed E-state index contributed by atoms with van der Waals surface area (Å²) < 4.78 is 5.37. The van der Waals surface area contributed by atoms with Crippen LogP contribution in [0.4, 0.5) is 5.69 Å². The van der Waals surface area contributed by atoms with Gasteiger partial charge in [-0.25, -0.2) is 0 Å². The van der Waals surface area contributed by atoms with Crippen molar-refractivity contribution in [1.82, 2.24) is 10.3 Å². The number of aliphatic hydroxyl groups excluding tert-OH is 1. The summed E-state index contributed by atoms with van der Waals surface area (Å²) in [6.07, 6.45) is 0.679. The quantitative estimate of drug-likeness (QED) is 0.489. The molecule has 0 unspecified atom stereocenters. The number of ether oxygens (including phenoxy) is 1. The van der Waals surface area contributed by atoms with E-state index in [-0.39, 0.29) is 24.7 Å². The number of amides is 1. The molecule has 27 heavy (non-hydrogen) atoms. The fourth-order valence-corrected chi connectivity index (χ4v) is 2.51. The second-order valence-corrected chi connectivity index (χ2v) is 5.81. The average molecular weight is 367 g/mol. The summed E-state index contributed by atoms with van der Waals surface area (Å²) in [6, 6.07) is 14.5. The maximum atomic E-state index is 12.4. The SMILES string of the molecule is O=C(NC[C@H](O)COc1ccc([N+](=O)[O-])cc1)c1cccc2cccnc12. The number of carbonyl (C=O) groups excluding carboxylic acids is 1. The van der Waals surface area contributed by atoms with Crippen LogP contribution in [0.5, 0.6) is 5.75 Å². The van der Waals surface area contributed by atoms with E-state index in [4.69, 9.17) is 4.74 Å². The second-order valence-electron chi connectivity index (χ2n) is 5.81. The molecule has 0 aliphatic rings. The molecule has 3 aromatic rings. The Hall–Kier alpha value is -3.52. The van der Waals surface area contributed by atoms with Crippen molar-refractivity contribution in [2.45, 2.75) is 6.10 Å². The molecule has 1 heterocycles. The van der Waals surface area contributed by atoms with E-state index < -0.39 is 11.0 Å². The second kappa shape index (κ2) is 8.24. The number of nitro benzene ring substituents is 1. The van der Waals surface area contributed by atoms with Gasteiger partial charge >= 0.3 is 0 Å². The lowest BCUT2D eigenvalue weighted by Crippen LogP contribution is -2.35. The van der Waals surface area contributed by atoms with E-state index in [0.29, 0.717) is 16.8 Å². The van der Waals surface area contributed by atoms with Gasteiger partial charge in [0.05, 0.1) is 16.0 Å². The number of non-ortho nitro benzene ring substituents is 1. The fourth-order valence-electron chi connectivity index (χ4n) is 2.51. The van der Waals surface area contributed by atoms with Crippen LogP contribution in [-0.2, 0) is 0 Å².